The third-order valence-electron chi connectivity index (χ3n) is 4.24. The zero-order valence-corrected chi connectivity index (χ0v) is 17.7. The molecule has 0 bridgehead atoms. The van der Waals surface area contributed by atoms with Crippen LogP contribution < -0.4 is 10.6 Å². The van der Waals surface area contributed by atoms with Gasteiger partial charge in [-0.25, -0.2) is 0 Å². The summed E-state index contributed by atoms with van der Waals surface area (Å²) < 4.78 is 0. The molecule has 0 aliphatic heterocycles. The molecule has 5 heteroatoms. The van der Waals surface area contributed by atoms with Gasteiger partial charge >= 0.3 is 0 Å². The number of unbranched alkanes of at least 4 members (excludes halogenated alkanes) is 4. The average Bonchev–Trinajstić information content (AvgIpc) is 2.54. The highest BCUT2D eigenvalue weighted by Gasteiger charge is 2.09. The summed E-state index contributed by atoms with van der Waals surface area (Å²) in [6.45, 7) is 8.53. The van der Waals surface area contributed by atoms with E-state index >= 15 is 0 Å². The van der Waals surface area contributed by atoms with Gasteiger partial charge in [0.15, 0.2) is 0 Å². The molecular weight excluding hydrogens is 332 g/mol. The summed E-state index contributed by atoms with van der Waals surface area (Å²) in [5.41, 5.74) is 0. The Kier molecular flexibility index (Phi) is 16.3. The van der Waals surface area contributed by atoms with Gasteiger partial charge in [0.25, 0.3) is 0 Å². The van der Waals surface area contributed by atoms with Gasteiger partial charge < -0.3 is 10.6 Å². The normalized spacial score (nSPS) is 13.3. The quantitative estimate of drug-likeness (QED) is 0.387. The maximum absolute atomic E-state index is 11.9. The fourth-order valence-corrected chi connectivity index (χ4v) is 3.53. The summed E-state index contributed by atoms with van der Waals surface area (Å²) in [4.78, 5) is 23.7. The number of amides is 2. The molecule has 0 aliphatic rings. The van der Waals surface area contributed by atoms with Gasteiger partial charge in [-0.05, 0) is 26.7 Å². The standard InChI is InChI=1S/C20H40N2O2S/c1-5-7-9-11-17(3)21-19(23)13-15-25-16-14-20(24)22-18(4)12-10-8-6-2/h17-18H,5-16H2,1-4H3,(H,21,23)(H,22,24)/t17-,18+. The van der Waals surface area contributed by atoms with E-state index in [0.717, 1.165) is 24.3 Å². The molecule has 0 spiro atoms. The summed E-state index contributed by atoms with van der Waals surface area (Å²) in [7, 11) is 0. The number of thioether (sulfide) groups is 1. The third-order valence-corrected chi connectivity index (χ3v) is 5.23. The van der Waals surface area contributed by atoms with Crippen LogP contribution in [0.5, 0.6) is 0 Å². The van der Waals surface area contributed by atoms with Crippen molar-refractivity contribution in [3.8, 4) is 0 Å². The maximum Gasteiger partial charge on any atom is 0.221 e. The van der Waals surface area contributed by atoms with Crippen LogP contribution in [0, 0.1) is 0 Å². The van der Waals surface area contributed by atoms with Crippen molar-refractivity contribution in [2.75, 3.05) is 11.5 Å². The molecule has 0 heterocycles. The van der Waals surface area contributed by atoms with Crippen molar-refractivity contribution in [1.82, 2.24) is 10.6 Å². The molecule has 0 aliphatic carbocycles. The van der Waals surface area contributed by atoms with E-state index in [2.05, 4.69) is 38.3 Å². The lowest BCUT2D eigenvalue weighted by atomic mass is 10.1. The third kappa shape index (κ3) is 16.5. The van der Waals surface area contributed by atoms with E-state index in [9.17, 15) is 9.59 Å². The summed E-state index contributed by atoms with van der Waals surface area (Å²) in [5.74, 6) is 1.83. The van der Waals surface area contributed by atoms with Crippen molar-refractivity contribution in [3.63, 3.8) is 0 Å². The number of hydrogen-bond acceptors (Lipinski definition) is 3. The van der Waals surface area contributed by atoms with Gasteiger partial charge in [-0.15, -0.1) is 0 Å². The lowest BCUT2D eigenvalue weighted by Gasteiger charge is -2.14. The van der Waals surface area contributed by atoms with Crippen molar-refractivity contribution in [2.45, 2.75) is 104 Å². The predicted molar refractivity (Wildman–Crippen MR) is 110 cm³/mol. The van der Waals surface area contributed by atoms with Gasteiger partial charge in [-0.1, -0.05) is 52.4 Å². The minimum atomic E-state index is 0.130. The molecule has 4 nitrogen and oxygen atoms in total. The van der Waals surface area contributed by atoms with Gasteiger partial charge in [-0.3, -0.25) is 9.59 Å². The van der Waals surface area contributed by atoms with Crippen LogP contribution in [0.3, 0.4) is 0 Å². The molecule has 0 aromatic carbocycles. The minimum absolute atomic E-state index is 0.130. The molecule has 148 valence electrons. The van der Waals surface area contributed by atoms with E-state index in [4.69, 9.17) is 0 Å². The Morgan fingerprint density at radius 1 is 0.760 bits per heavy atom. The Morgan fingerprint density at radius 3 is 1.52 bits per heavy atom. The molecular formula is C20H40N2O2S. The average molecular weight is 373 g/mol. The first-order valence-electron chi connectivity index (χ1n) is 10.2. The topological polar surface area (TPSA) is 58.2 Å². The summed E-state index contributed by atoms with van der Waals surface area (Å²) in [6, 6.07) is 0.535. The molecule has 0 aromatic rings. The monoisotopic (exact) mass is 372 g/mol. The number of carbonyl (C=O) groups excluding carboxylic acids is 2. The second kappa shape index (κ2) is 16.7. The second-order valence-electron chi connectivity index (χ2n) is 7.04. The Hall–Kier alpha value is -0.710. The first-order valence-corrected chi connectivity index (χ1v) is 11.3. The highest BCUT2D eigenvalue weighted by Crippen LogP contribution is 2.07. The van der Waals surface area contributed by atoms with E-state index < -0.39 is 0 Å². The van der Waals surface area contributed by atoms with Crippen LogP contribution in [0.1, 0.15) is 91.9 Å². The van der Waals surface area contributed by atoms with Crippen LogP contribution in [-0.4, -0.2) is 35.4 Å². The van der Waals surface area contributed by atoms with Crippen LogP contribution in [0.4, 0.5) is 0 Å². The lowest BCUT2D eigenvalue weighted by Crippen LogP contribution is -2.33. The molecule has 0 fully saturated rings. The molecule has 0 radical (unpaired) electrons. The largest absolute Gasteiger partial charge is 0.354 e. The number of rotatable bonds is 16. The van der Waals surface area contributed by atoms with Gasteiger partial charge in [0, 0.05) is 36.4 Å². The van der Waals surface area contributed by atoms with Crippen molar-refractivity contribution in [3.05, 3.63) is 0 Å². The molecule has 2 N–H and O–H groups in total. The Balaban J connectivity index is 3.57. The van der Waals surface area contributed by atoms with Crippen molar-refractivity contribution >= 4 is 23.6 Å². The number of nitrogens with one attached hydrogen (secondary N) is 2. The van der Waals surface area contributed by atoms with Crippen molar-refractivity contribution < 1.29 is 9.59 Å². The van der Waals surface area contributed by atoms with Crippen molar-refractivity contribution in [1.29, 1.82) is 0 Å². The molecule has 0 saturated heterocycles. The van der Waals surface area contributed by atoms with E-state index in [0.29, 0.717) is 12.8 Å². The Bertz CT molecular complexity index is 319. The zero-order chi connectivity index (χ0) is 18.9. The SMILES string of the molecule is CCCCC[C@@H](C)NC(=O)CCSCCC(=O)N[C@@H](C)CCCCC. The second-order valence-corrected chi connectivity index (χ2v) is 8.27. The predicted octanol–water partition coefficient (Wildman–Crippen LogP) is 4.67. The van der Waals surface area contributed by atoms with E-state index in [-0.39, 0.29) is 23.9 Å². The fourth-order valence-electron chi connectivity index (χ4n) is 2.67. The highest BCUT2D eigenvalue weighted by molar-refractivity contribution is 7.99. The highest BCUT2D eigenvalue weighted by atomic mass is 32.2. The first-order chi connectivity index (χ1) is 12.0. The molecule has 2 amide bonds. The Labute approximate surface area is 159 Å². The number of carbonyl (C=O) groups is 2. The van der Waals surface area contributed by atoms with Crippen LogP contribution >= 0.6 is 11.8 Å². The smallest absolute Gasteiger partial charge is 0.221 e. The zero-order valence-electron chi connectivity index (χ0n) is 16.9. The van der Waals surface area contributed by atoms with E-state index in [1.54, 1.807) is 11.8 Å². The van der Waals surface area contributed by atoms with Gasteiger partial charge in [0.2, 0.25) is 11.8 Å². The summed E-state index contributed by atoms with van der Waals surface area (Å²) in [5, 5.41) is 6.11. The molecule has 0 unspecified atom stereocenters. The van der Waals surface area contributed by atoms with E-state index in [1.807, 2.05) is 0 Å². The Morgan fingerprint density at radius 2 is 1.16 bits per heavy atom. The maximum atomic E-state index is 11.9. The summed E-state index contributed by atoms with van der Waals surface area (Å²) >= 11 is 1.69. The molecule has 25 heavy (non-hydrogen) atoms. The van der Waals surface area contributed by atoms with Crippen LogP contribution in [0.2, 0.25) is 0 Å². The van der Waals surface area contributed by atoms with Gasteiger partial charge in [0.1, 0.15) is 0 Å². The summed E-state index contributed by atoms with van der Waals surface area (Å²) in [6.07, 6.45) is 10.4. The molecule has 0 aromatic heterocycles. The van der Waals surface area contributed by atoms with Crippen molar-refractivity contribution in [2.24, 2.45) is 0 Å². The fraction of sp³-hybridized carbons (Fsp3) is 0.900. The van der Waals surface area contributed by atoms with Crippen LogP contribution in [-0.2, 0) is 9.59 Å². The molecule has 0 rings (SSSR count). The minimum Gasteiger partial charge on any atom is -0.354 e. The van der Waals surface area contributed by atoms with E-state index in [1.165, 1.54) is 38.5 Å². The van der Waals surface area contributed by atoms with Crippen LogP contribution in [0.25, 0.3) is 0 Å². The first kappa shape index (κ1) is 24.3. The molecule has 2 atom stereocenters. The molecule has 0 saturated carbocycles. The van der Waals surface area contributed by atoms with Crippen LogP contribution in [0.15, 0.2) is 0 Å². The lowest BCUT2D eigenvalue weighted by molar-refractivity contribution is -0.122. The van der Waals surface area contributed by atoms with Gasteiger partial charge in [0.05, 0.1) is 0 Å². The number of hydrogen-bond donors (Lipinski definition) is 2. The van der Waals surface area contributed by atoms with Gasteiger partial charge in [-0.2, -0.15) is 11.8 Å².